The Kier molecular flexibility index (Phi) is 3.04. The Hall–Kier alpha value is -1.22. The number of hydrogen-bond acceptors (Lipinski definition) is 2. The summed E-state index contributed by atoms with van der Waals surface area (Å²) in [5.74, 6) is -0.332. The Morgan fingerprint density at radius 3 is 2.65 bits per heavy atom. The Morgan fingerprint density at radius 1 is 1.47 bits per heavy atom. The van der Waals surface area contributed by atoms with Crippen LogP contribution in [0.5, 0.6) is 0 Å². The molecule has 0 unspecified atom stereocenters. The van der Waals surface area contributed by atoms with E-state index in [1.54, 1.807) is 12.1 Å². The highest BCUT2D eigenvalue weighted by Gasteiger charge is 2.38. The molecule has 0 radical (unpaired) electrons. The molecule has 0 heterocycles. The maximum absolute atomic E-state index is 11.1. The van der Waals surface area contributed by atoms with Gasteiger partial charge in [-0.25, -0.2) is 4.79 Å². The summed E-state index contributed by atoms with van der Waals surface area (Å²) in [5.41, 5.74) is 0.794. The second-order valence-corrected chi connectivity index (χ2v) is 5.55. The van der Waals surface area contributed by atoms with Gasteiger partial charge in [0.15, 0.2) is 0 Å². The normalized spacial score (nSPS) is 15.7. The third-order valence-electron chi connectivity index (χ3n) is 3.27. The first-order valence-electron chi connectivity index (χ1n) is 5.71. The minimum Gasteiger partial charge on any atom is -0.478 e. The quantitative estimate of drug-likeness (QED) is 0.861. The predicted molar refractivity (Wildman–Crippen MR) is 68.8 cm³/mol. The molecular formula is C13H16ClNO2. The van der Waals surface area contributed by atoms with Gasteiger partial charge in [-0.15, -0.1) is 0 Å². The molecular weight excluding hydrogens is 238 g/mol. The fraction of sp³-hybridized carbons (Fsp3) is 0.462. The molecule has 4 heteroatoms. The lowest BCUT2D eigenvalue weighted by Crippen LogP contribution is -2.34. The van der Waals surface area contributed by atoms with Crippen molar-refractivity contribution < 1.29 is 9.90 Å². The van der Waals surface area contributed by atoms with E-state index < -0.39 is 5.97 Å². The van der Waals surface area contributed by atoms with Gasteiger partial charge < -0.3 is 10.4 Å². The molecule has 0 bridgehead atoms. The molecule has 0 amide bonds. The summed E-state index contributed by atoms with van der Waals surface area (Å²) in [6.45, 7) is 4.20. The maximum atomic E-state index is 11.1. The molecule has 0 saturated heterocycles. The van der Waals surface area contributed by atoms with Crippen LogP contribution in [0.2, 0.25) is 5.02 Å². The lowest BCUT2D eigenvalue weighted by molar-refractivity contribution is 0.0698. The van der Waals surface area contributed by atoms with Crippen LogP contribution in [0.15, 0.2) is 18.2 Å². The van der Waals surface area contributed by atoms with Gasteiger partial charge in [0.1, 0.15) is 0 Å². The first-order valence-corrected chi connectivity index (χ1v) is 6.09. The Labute approximate surface area is 106 Å². The molecule has 0 aromatic heterocycles. The third kappa shape index (κ3) is 2.72. The number of carboxylic acid groups (broad SMARTS) is 1. The van der Waals surface area contributed by atoms with Crippen LogP contribution in [0.1, 0.15) is 37.0 Å². The van der Waals surface area contributed by atoms with Crippen molar-refractivity contribution in [2.45, 2.75) is 32.2 Å². The summed E-state index contributed by atoms with van der Waals surface area (Å²) in [6, 6.07) is 4.92. The van der Waals surface area contributed by atoms with Crippen LogP contribution >= 0.6 is 11.6 Å². The van der Waals surface area contributed by atoms with E-state index in [0.29, 0.717) is 16.6 Å². The van der Waals surface area contributed by atoms with Crippen LogP contribution in [-0.2, 0) is 0 Å². The highest BCUT2D eigenvalue weighted by Crippen LogP contribution is 2.41. The van der Waals surface area contributed by atoms with Gasteiger partial charge >= 0.3 is 5.97 Å². The van der Waals surface area contributed by atoms with Gasteiger partial charge in [0.25, 0.3) is 0 Å². The van der Waals surface area contributed by atoms with Crippen molar-refractivity contribution in [3.63, 3.8) is 0 Å². The average molecular weight is 254 g/mol. The molecule has 0 spiro atoms. The molecule has 1 aliphatic rings. The number of nitrogens with one attached hydrogen (secondary N) is 1. The van der Waals surface area contributed by atoms with Crippen molar-refractivity contribution >= 4 is 23.3 Å². The van der Waals surface area contributed by atoms with E-state index in [1.807, 2.05) is 0 Å². The smallest absolute Gasteiger partial charge is 0.337 e. The Balaban J connectivity index is 2.28. The number of anilines is 1. The fourth-order valence-corrected chi connectivity index (χ4v) is 2.23. The van der Waals surface area contributed by atoms with E-state index in [4.69, 9.17) is 16.7 Å². The van der Waals surface area contributed by atoms with Gasteiger partial charge in [-0.3, -0.25) is 0 Å². The fourth-order valence-electron chi connectivity index (χ4n) is 2.06. The molecule has 1 saturated carbocycles. The second-order valence-electron chi connectivity index (χ2n) is 5.12. The van der Waals surface area contributed by atoms with Gasteiger partial charge in [0.05, 0.1) is 5.56 Å². The van der Waals surface area contributed by atoms with Crippen molar-refractivity contribution in [3.05, 3.63) is 28.8 Å². The molecule has 2 N–H and O–H groups in total. The molecule has 1 aliphatic carbocycles. The lowest BCUT2D eigenvalue weighted by atomic mass is 9.97. The lowest BCUT2D eigenvalue weighted by Gasteiger charge is -2.28. The van der Waals surface area contributed by atoms with Gasteiger partial charge in [-0.2, -0.15) is 0 Å². The van der Waals surface area contributed by atoms with E-state index in [-0.39, 0.29) is 11.1 Å². The second kappa shape index (κ2) is 4.22. The van der Waals surface area contributed by atoms with Crippen molar-refractivity contribution in [2.75, 3.05) is 5.32 Å². The van der Waals surface area contributed by atoms with Gasteiger partial charge in [0, 0.05) is 16.2 Å². The zero-order valence-corrected chi connectivity index (χ0v) is 10.7. The molecule has 3 nitrogen and oxygen atoms in total. The van der Waals surface area contributed by atoms with Crippen LogP contribution < -0.4 is 5.32 Å². The maximum Gasteiger partial charge on any atom is 0.337 e. The van der Waals surface area contributed by atoms with E-state index in [0.717, 1.165) is 0 Å². The summed E-state index contributed by atoms with van der Waals surface area (Å²) in [6.07, 6.45) is 2.41. The first kappa shape index (κ1) is 12.2. The number of carbonyl (C=O) groups is 1. The molecule has 1 fully saturated rings. The molecule has 92 valence electrons. The zero-order chi connectivity index (χ0) is 12.6. The highest BCUT2D eigenvalue weighted by atomic mass is 35.5. The summed E-state index contributed by atoms with van der Waals surface area (Å²) in [4.78, 5) is 11.1. The van der Waals surface area contributed by atoms with Crippen molar-refractivity contribution in [3.8, 4) is 0 Å². The minimum absolute atomic E-state index is 0.0714. The Morgan fingerprint density at radius 2 is 2.12 bits per heavy atom. The van der Waals surface area contributed by atoms with Gasteiger partial charge in [-0.1, -0.05) is 11.6 Å². The standard InChI is InChI=1S/C13H16ClNO2/c1-13(2,8-3-4-8)15-11-6-5-9(14)7-10(11)12(16)17/h5-8,15H,3-4H2,1-2H3,(H,16,17). The molecule has 2 rings (SSSR count). The molecule has 0 aliphatic heterocycles. The van der Waals surface area contributed by atoms with Crippen molar-refractivity contribution in [2.24, 2.45) is 5.92 Å². The summed E-state index contributed by atoms with van der Waals surface area (Å²) in [5, 5.41) is 12.9. The zero-order valence-electron chi connectivity index (χ0n) is 9.96. The monoisotopic (exact) mass is 253 g/mol. The van der Waals surface area contributed by atoms with Gasteiger partial charge in [-0.05, 0) is 50.8 Å². The van der Waals surface area contributed by atoms with E-state index in [9.17, 15) is 4.79 Å². The molecule has 1 aromatic rings. The molecule has 1 aromatic carbocycles. The van der Waals surface area contributed by atoms with Gasteiger partial charge in [0.2, 0.25) is 0 Å². The SMILES string of the molecule is CC(C)(Nc1ccc(Cl)cc1C(=O)O)C1CC1. The number of benzene rings is 1. The first-order chi connectivity index (χ1) is 7.90. The van der Waals surface area contributed by atoms with Crippen LogP contribution in [0.25, 0.3) is 0 Å². The van der Waals surface area contributed by atoms with E-state index >= 15 is 0 Å². The Bertz CT molecular complexity index is 453. The number of hydrogen-bond donors (Lipinski definition) is 2. The third-order valence-corrected chi connectivity index (χ3v) is 3.50. The number of halogens is 1. The number of aromatic carboxylic acids is 1. The van der Waals surface area contributed by atoms with E-state index in [2.05, 4.69) is 19.2 Å². The largest absolute Gasteiger partial charge is 0.478 e. The van der Waals surface area contributed by atoms with Crippen LogP contribution in [0.3, 0.4) is 0 Å². The van der Waals surface area contributed by atoms with Crippen LogP contribution in [0, 0.1) is 5.92 Å². The average Bonchev–Trinajstić information content (AvgIpc) is 3.03. The highest BCUT2D eigenvalue weighted by molar-refractivity contribution is 6.31. The molecule has 0 atom stereocenters. The summed E-state index contributed by atoms with van der Waals surface area (Å²) in [7, 11) is 0. The molecule has 17 heavy (non-hydrogen) atoms. The van der Waals surface area contributed by atoms with Crippen LogP contribution in [0.4, 0.5) is 5.69 Å². The summed E-state index contributed by atoms with van der Waals surface area (Å²) >= 11 is 5.82. The van der Waals surface area contributed by atoms with Crippen molar-refractivity contribution in [1.29, 1.82) is 0 Å². The minimum atomic E-state index is -0.957. The van der Waals surface area contributed by atoms with Crippen LogP contribution in [-0.4, -0.2) is 16.6 Å². The number of carboxylic acids is 1. The number of rotatable bonds is 4. The summed E-state index contributed by atoms with van der Waals surface area (Å²) < 4.78 is 0. The van der Waals surface area contributed by atoms with Crippen molar-refractivity contribution in [1.82, 2.24) is 0 Å². The topological polar surface area (TPSA) is 49.3 Å². The van der Waals surface area contributed by atoms with E-state index in [1.165, 1.54) is 18.9 Å². The predicted octanol–water partition coefficient (Wildman–Crippen LogP) is 3.64.